The van der Waals surface area contributed by atoms with Crippen molar-refractivity contribution in [2.24, 2.45) is 11.8 Å². The lowest BCUT2D eigenvalue weighted by Gasteiger charge is -2.09. The van der Waals surface area contributed by atoms with Crippen LogP contribution in [0.15, 0.2) is 0 Å². The minimum Gasteiger partial charge on any atom is -0.316 e. The molecule has 1 atom stereocenters. The summed E-state index contributed by atoms with van der Waals surface area (Å²) in [5.74, 6) is 4.68. The third-order valence-electron chi connectivity index (χ3n) is 2.79. The zero-order chi connectivity index (χ0) is 10.2. The quantitative estimate of drug-likeness (QED) is 0.655. The highest BCUT2D eigenvalue weighted by Crippen LogP contribution is 2.27. The van der Waals surface area contributed by atoms with Gasteiger partial charge in [-0.3, -0.25) is 0 Å². The van der Waals surface area contributed by atoms with Gasteiger partial charge in [-0.25, -0.2) is 0 Å². The lowest BCUT2D eigenvalue weighted by atomic mass is 10.0. The van der Waals surface area contributed by atoms with Crippen LogP contribution in [-0.4, -0.2) is 24.6 Å². The fraction of sp³-hybridized carbons (Fsp3) is 1.00. The maximum Gasteiger partial charge on any atom is -0.00258 e. The monoisotopic (exact) mass is 215 g/mol. The zero-order valence-electron chi connectivity index (χ0n) is 9.72. The molecular weight excluding hydrogens is 190 g/mol. The van der Waals surface area contributed by atoms with Gasteiger partial charge in [-0.15, -0.1) is 0 Å². The molecule has 0 bridgehead atoms. The van der Waals surface area contributed by atoms with E-state index in [0.717, 1.165) is 11.8 Å². The molecule has 0 spiro atoms. The summed E-state index contributed by atoms with van der Waals surface area (Å²) in [6, 6.07) is 0. The fourth-order valence-electron chi connectivity index (χ4n) is 1.88. The molecule has 1 N–H and O–H groups in total. The molecule has 1 heterocycles. The summed E-state index contributed by atoms with van der Waals surface area (Å²) in [5.41, 5.74) is 0. The van der Waals surface area contributed by atoms with Crippen molar-refractivity contribution in [3.05, 3.63) is 0 Å². The first-order chi connectivity index (χ1) is 6.79. The summed E-state index contributed by atoms with van der Waals surface area (Å²) in [5, 5.41) is 3.51. The molecule has 1 aliphatic heterocycles. The van der Waals surface area contributed by atoms with Crippen molar-refractivity contribution in [3.8, 4) is 0 Å². The van der Waals surface area contributed by atoms with Crippen LogP contribution in [0.3, 0.4) is 0 Å². The number of rotatable bonds is 7. The van der Waals surface area contributed by atoms with Gasteiger partial charge in [0.1, 0.15) is 0 Å². The van der Waals surface area contributed by atoms with Gasteiger partial charge in [-0.1, -0.05) is 20.3 Å². The molecule has 1 nitrogen and oxygen atoms in total. The van der Waals surface area contributed by atoms with E-state index in [2.05, 4.69) is 30.9 Å². The van der Waals surface area contributed by atoms with Crippen LogP contribution < -0.4 is 5.32 Å². The van der Waals surface area contributed by atoms with Gasteiger partial charge in [0.05, 0.1) is 0 Å². The molecule has 0 aromatic rings. The molecule has 0 amide bonds. The van der Waals surface area contributed by atoms with Crippen molar-refractivity contribution < 1.29 is 0 Å². The highest BCUT2D eigenvalue weighted by atomic mass is 32.2. The molecule has 14 heavy (non-hydrogen) atoms. The Kier molecular flexibility index (Phi) is 6.70. The van der Waals surface area contributed by atoms with Crippen LogP contribution in [0.4, 0.5) is 0 Å². The van der Waals surface area contributed by atoms with E-state index < -0.39 is 0 Å². The highest BCUT2D eigenvalue weighted by molar-refractivity contribution is 7.99. The van der Waals surface area contributed by atoms with Gasteiger partial charge in [-0.05, 0) is 55.7 Å². The van der Waals surface area contributed by atoms with Crippen LogP contribution in [0.5, 0.6) is 0 Å². The van der Waals surface area contributed by atoms with Crippen molar-refractivity contribution in [3.63, 3.8) is 0 Å². The van der Waals surface area contributed by atoms with Gasteiger partial charge in [0.15, 0.2) is 0 Å². The van der Waals surface area contributed by atoms with Gasteiger partial charge in [0, 0.05) is 0 Å². The van der Waals surface area contributed by atoms with Gasteiger partial charge < -0.3 is 5.32 Å². The lowest BCUT2D eigenvalue weighted by molar-refractivity contribution is 0.483. The molecule has 84 valence electrons. The standard InChI is InChI=1S/C12H25NS/c1-11(2)9-13-7-4-3-5-12-6-8-14-10-12/h11-13H,3-10H2,1-2H3. The summed E-state index contributed by atoms with van der Waals surface area (Å²) in [4.78, 5) is 0. The number of unbranched alkanes of at least 4 members (excludes halogenated alkanes) is 1. The van der Waals surface area contributed by atoms with E-state index in [1.165, 1.54) is 50.3 Å². The van der Waals surface area contributed by atoms with Crippen LogP contribution in [0.2, 0.25) is 0 Å². The Morgan fingerprint density at radius 2 is 2.21 bits per heavy atom. The van der Waals surface area contributed by atoms with Gasteiger partial charge in [-0.2, -0.15) is 11.8 Å². The number of hydrogen-bond acceptors (Lipinski definition) is 2. The average molecular weight is 215 g/mol. The van der Waals surface area contributed by atoms with Gasteiger partial charge in [0.25, 0.3) is 0 Å². The minimum absolute atomic E-state index is 0.793. The van der Waals surface area contributed by atoms with Crippen molar-refractivity contribution >= 4 is 11.8 Å². The van der Waals surface area contributed by atoms with Crippen molar-refractivity contribution in [2.75, 3.05) is 24.6 Å². The third kappa shape index (κ3) is 5.92. The number of hydrogen-bond donors (Lipinski definition) is 1. The fourth-order valence-corrected chi connectivity index (χ4v) is 3.22. The van der Waals surface area contributed by atoms with E-state index >= 15 is 0 Å². The first-order valence-electron chi connectivity index (χ1n) is 6.07. The van der Waals surface area contributed by atoms with E-state index in [1.807, 2.05) is 0 Å². The summed E-state index contributed by atoms with van der Waals surface area (Å²) in [6.45, 7) is 6.93. The molecule has 0 aliphatic carbocycles. The van der Waals surface area contributed by atoms with Crippen molar-refractivity contribution in [2.45, 2.75) is 39.5 Å². The van der Waals surface area contributed by atoms with Crippen LogP contribution in [0.1, 0.15) is 39.5 Å². The molecule has 0 saturated carbocycles. The largest absolute Gasteiger partial charge is 0.316 e. The Morgan fingerprint density at radius 3 is 2.86 bits per heavy atom. The molecule has 1 fully saturated rings. The minimum atomic E-state index is 0.793. The van der Waals surface area contributed by atoms with Crippen molar-refractivity contribution in [1.29, 1.82) is 0 Å². The predicted molar refractivity (Wildman–Crippen MR) is 67.0 cm³/mol. The Labute approximate surface area is 93.4 Å². The second-order valence-electron chi connectivity index (χ2n) is 4.82. The summed E-state index contributed by atoms with van der Waals surface area (Å²) in [6.07, 6.45) is 5.74. The Hall–Kier alpha value is 0.310. The number of nitrogens with one attached hydrogen (secondary N) is 1. The predicted octanol–water partition coefficient (Wildman–Crippen LogP) is 3.16. The smallest absolute Gasteiger partial charge is 0.00258 e. The highest BCUT2D eigenvalue weighted by Gasteiger charge is 2.14. The molecule has 1 rings (SSSR count). The lowest BCUT2D eigenvalue weighted by Crippen LogP contribution is -2.20. The Balaban J connectivity index is 1.79. The Morgan fingerprint density at radius 1 is 1.36 bits per heavy atom. The molecule has 1 aliphatic rings. The second-order valence-corrected chi connectivity index (χ2v) is 5.97. The summed E-state index contributed by atoms with van der Waals surface area (Å²) >= 11 is 2.14. The van der Waals surface area contributed by atoms with E-state index in [0.29, 0.717) is 0 Å². The van der Waals surface area contributed by atoms with E-state index in [1.54, 1.807) is 0 Å². The van der Waals surface area contributed by atoms with E-state index in [9.17, 15) is 0 Å². The second kappa shape index (κ2) is 7.58. The summed E-state index contributed by atoms with van der Waals surface area (Å²) in [7, 11) is 0. The van der Waals surface area contributed by atoms with Crippen LogP contribution in [0.25, 0.3) is 0 Å². The van der Waals surface area contributed by atoms with Gasteiger partial charge >= 0.3 is 0 Å². The maximum absolute atomic E-state index is 3.51. The maximum atomic E-state index is 3.51. The number of thioether (sulfide) groups is 1. The zero-order valence-corrected chi connectivity index (χ0v) is 10.5. The SMILES string of the molecule is CC(C)CNCCCCC1CCSC1. The first-order valence-corrected chi connectivity index (χ1v) is 7.23. The first kappa shape index (κ1) is 12.4. The molecule has 0 radical (unpaired) electrons. The average Bonchev–Trinajstić information content (AvgIpc) is 2.63. The van der Waals surface area contributed by atoms with E-state index in [4.69, 9.17) is 0 Å². The molecular formula is C12H25NS. The molecule has 1 unspecified atom stereocenters. The van der Waals surface area contributed by atoms with Gasteiger partial charge in [0.2, 0.25) is 0 Å². The van der Waals surface area contributed by atoms with E-state index in [-0.39, 0.29) is 0 Å². The van der Waals surface area contributed by atoms with Crippen LogP contribution >= 0.6 is 11.8 Å². The summed E-state index contributed by atoms with van der Waals surface area (Å²) < 4.78 is 0. The normalized spacial score (nSPS) is 22.1. The van der Waals surface area contributed by atoms with Crippen LogP contribution in [0, 0.1) is 11.8 Å². The molecule has 0 aromatic heterocycles. The molecule has 2 heteroatoms. The molecule has 1 saturated heterocycles. The molecule has 0 aromatic carbocycles. The third-order valence-corrected chi connectivity index (χ3v) is 4.02. The van der Waals surface area contributed by atoms with Crippen LogP contribution in [-0.2, 0) is 0 Å². The topological polar surface area (TPSA) is 12.0 Å². The Bertz CT molecular complexity index is 130. The van der Waals surface area contributed by atoms with Crippen molar-refractivity contribution in [1.82, 2.24) is 5.32 Å².